The maximum atomic E-state index is 12.3. The predicted molar refractivity (Wildman–Crippen MR) is 76.7 cm³/mol. The fraction of sp³-hybridized carbons (Fsp3) is 0.308. The van der Waals surface area contributed by atoms with E-state index in [2.05, 4.69) is 15.3 Å². The van der Waals surface area contributed by atoms with E-state index < -0.39 is 0 Å². The number of aromatic nitrogens is 2. The van der Waals surface area contributed by atoms with Gasteiger partial charge in [-0.3, -0.25) is 9.78 Å². The molecular weight excluding hydrogens is 260 g/mol. The van der Waals surface area contributed by atoms with Crippen LogP contribution in [0.15, 0.2) is 24.5 Å². The largest absolute Gasteiger partial charge is 0.361 e. The Bertz CT molecular complexity index is 567. The Morgan fingerprint density at radius 2 is 2.32 bits per heavy atom. The van der Waals surface area contributed by atoms with E-state index in [4.69, 9.17) is 5.73 Å². The monoisotopic (exact) mass is 276 g/mol. The second kappa shape index (κ2) is 6.40. The van der Waals surface area contributed by atoms with Crippen LogP contribution in [0.2, 0.25) is 0 Å². The number of anilines is 1. The molecule has 3 N–H and O–H groups in total. The number of pyridine rings is 1. The van der Waals surface area contributed by atoms with E-state index in [9.17, 15) is 4.79 Å². The SMILES string of the molecule is Cc1cccnc1C(=O)c1cnc(NCCCN)s1. The second-order valence-electron chi connectivity index (χ2n) is 4.10. The number of hydrogen-bond donors (Lipinski definition) is 2. The highest BCUT2D eigenvalue weighted by atomic mass is 32.1. The Morgan fingerprint density at radius 3 is 3.05 bits per heavy atom. The van der Waals surface area contributed by atoms with Crippen molar-refractivity contribution in [1.29, 1.82) is 0 Å². The standard InChI is InChI=1S/C13H16N4OS/c1-9-4-2-6-15-11(9)12(18)10-8-17-13(19-10)16-7-3-5-14/h2,4,6,8H,3,5,7,14H2,1H3,(H,16,17). The molecule has 0 saturated heterocycles. The molecule has 0 atom stereocenters. The van der Waals surface area contributed by atoms with Gasteiger partial charge in [-0.2, -0.15) is 0 Å². The molecule has 0 aromatic carbocycles. The lowest BCUT2D eigenvalue weighted by Crippen LogP contribution is -2.08. The van der Waals surface area contributed by atoms with Crippen LogP contribution in [0.1, 0.15) is 27.3 Å². The van der Waals surface area contributed by atoms with E-state index in [1.807, 2.05) is 19.1 Å². The first kappa shape index (κ1) is 13.6. The van der Waals surface area contributed by atoms with Crippen LogP contribution < -0.4 is 11.1 Å². The van der Waals surface area contributed by atoms with E-state index in [1.54, 1.807) is 12.4 Å². The fourth-order valence-electron chi connectivity index (χ4n) is 1.60. The minimum Gasteiger partial charge on any atom is -0.361 e. The topological polar surface area (TPSA) is 80.9 Å². The number of thiazole rings is 1. The lowest BCUT2D eigenvalue weighted by molar-refractivity contribution is 0.103. The van der Waals surface area contributed by atoms with Crippen molar-refractivity contribution in [3.8, 4) is 0 Å². The summed E-state index contributed by atoms with van der Waals surface area (Å²) in [5.41, 5.74) is 6.78. The molecule has 0 aliphatic carbocycles. The lowest BCUT2D eigenvalue weighted by Gasteiger charge is -2.01. The number of rotatable bonds is 6. The maximum absolute atomic E-state index is 12.3. The molecule has 2 heterocycles. The van der Waals surface area contributed by atoms with Gasteiger partial charge in [-0.25, -0.2) is 4.98 Å². The fourth-order valence-corrected chi connectivity index (χ4v) is 2.38. The number of aryl methyl sites for hydroxylation is 1. The molecule has 2 aromatic rings. The van der Waals surface area contributed by atoms with Crippen molar-refractivity contribution < 1.29 is 4.79 Å². The summed E-state index contributed by atoms with van der Waals surface area (Å²) in [5, 5.41) is 3.88. The summed E-state index contributed by atoms with van der Waals surface area (Å²) in [6.45, 7) is 3.28. The third kappa shape index (κ3) is 3.36. The Kier molecular flexibility index (Phi) is 4.59. The Morgan fingerprint density at radius 1 is 1.47 bits per heavy atom. The average Bonchev–Trinajstić information content (AvgIpc) is 2.88. The molecule has 0 fully saturated rings. The molecule has 2 aromatic heterocycles. The quantitative estimate of drug-likeness (QED) is 0.621. The van der Waals surface area contributed by atoms with Crippen molar-refractivity contribution >= 4 is 22.3 Å². The number of carbonyl (C=O) groups excluding carboxylic acids is 1. The van der Waals surface area contributed by atoms with Crippen LogP contribution in [-0.2, 0) is 0 Å². The van der Waals surface area contributed by atoms with Gasteiger partial charge in [-0.1, -0.05) is 17.4 Å². The molecule has 0 saturated carbocycles. The zero-order valence-electron chi connectivity index (χ0n) is 10.7. The summed E-state index contributed by atoms with van der Waals surface area (Å²) >= 11 is 1.34. The number of hydrogen-bond acceptors (Lipinski definition) is 6. The van der Waals surface area contributed by atoms with Crippen LogP contribution in [0.4, 0.5) is 5.13 Å². The molecule has 0 spiro atoms. The molecule has 0 unspecified atom stereocenters. The number of nitrogens with two attached hydrogens (primary N) is 1. The minimum absolute atomic E-state index is 0.0810. The summed E-state index contributed by atoms with van der Waals surface area (Å²) < 4.78 is 0. The van der Waals surface area contributed by atoms with Gasteiger partial charge >= 0.3 is 0 Å². The lowest BCUT2D eigenvalue weighted by atomic mass is 10.1. The third-order valence-corrected chi connectivity index (χ3v) is 3.56. The van der Waals surface area contributed by atoms with Crippen LogP contribution in [-0.4, -0.2) is 28.8 Å². The summed E-state index contributed by atoms with van der Waals surface area (Å²) in [6, 6.07) is 3.69. The first-order valence-electron chi connectivity index (χ1n) is 6.08. The molecule has 6 heteroatoms. The minimum atomic E-state index is -0.0810. The normalized spacial score (nSPS) is 10.4. The Labute approximate surface area is 115 Å². The summed E-state index contributed by atoms with van der Waals surface area (Å²) in [4.78, 5) is 21.2. The maximum Gasteiger partial charge on any atom is 0.223 e. The van der Waals surface area contributed by atoms with E-state index in [0.29, 0.717) is 17.1 Å². The molecule has 0 aliphatic rings. The number of carbonyl (C=O) groups is 1. The summed E-state index contributed by atoms with van der Waals surface area (Å²) in [7, 11) is 0. The van der Waals surface area contributed by atoms with Crippen LogP contribution >= 0.6 is 11.3 Å². The van der Waals surface area contributed by atoms with Gasteiger partial charge in [0.05, 0.1) is 11.1 Å². The zero-order valence-corrected chi connectivity index (χ0v) is 11.5. The van der Waals surface area contributed by atoms with Crippen molar-refractivity contribution in [2.75, 3.05) is 18.4 Å². The van der Waals surface area contributed by atoms with Crippen LogP contribution in [0.25, 0.3) is 0 Å². The van der Waals surface area contributed by atoms with E-state index in [-0.39, 0.29) is 5.78 Å². The Hall–Kier alpha value is -1.79. The molecule has 0 radical (unpaired) electrons. The Balaban J connectivity index is 2.10. The molecule has 2 rings (SSSR count). The third-order valence-electron chi connectivity index (χ3n) is 2.61. The molecule has 0 aliphatic heterocycles. The van der Waals surface area contributed by atoms with Gasteiger partial charge in [0, 0.05) is 12.7 Å². The highest BCUT2D eigenvalue weighted by Gasteiger charge is 2.15. The number of nitrogens with zero attached hydrogens (tertiary/aromatic N) is 2. The molecule has 5 nitrogen and oxygen atoms in total. The van der Waals surface area contributed by atoms with Gasteiger partial charge in [0.25, 0.3) is 0 Å². The van der Waals surface area contributed by atoms with Gasteiger partial charge in [0.2, 0.25) is 5.78 Å². The number of nitrogens with one attached hydrogen (secondary N) is 1. The molecule has 0 bridgehead atoms. The summed E-state index contributed by atoms with van der Waals surface area (Å²) in [5.74, 6) is -0.0810. The van der Waals surface area contributed by atoms with E-state index >= 15 is 0 Å². The van der Waals surface area contributed by atoms with Crippen LogP contribution in [0.5, 0.6) is 0 Å². The van der Waals surface area contributed by atoms with Gasteiger partial charge in [-0.05, 0) is 31.5 Å². The number of ketones is 1. The van der Waals surface area contributed by atoms with Crippen molar-refractivity contribution in [2.24, 2.45) is 5.73 Å². The zero-order chi connectivity index (χ0) is 13.7. The highest BCUT2D eigenvalue weighted by molar-refractivity contribution is 7.17. The van der Waals surface area contributed by atoms with Crippen LogP contribution in [0.3, 0.4) is 0 Å². The second-order valence-corrected chi connectivity index (χ2v) is 5.13. The van der Waals surface area contributed by atoms with Crippen LogP contribution in [0, 0.1) is 6.92 Å². The van der Waals surface area contributed by atoms with Crippen molar-refractivity contribution in [2.45, 2.75) is 13.3 Å². The van der Waals surface area contributed by atoms with Gasteiger partial charge in [0.1, 0.15) is 5.69 Å². The summed E-state index contributed by atoms with van der Waals surface area (Å²) in [6.07, 6.45) is 4.09. The molecule has 0 amide bonds. The first-order chi connectivity index (χ1) is 9.22. The van der Waals surface area contributed by atoms with Crippen molar-refractivity contribution in [1.82, 2.24) is 9.97 Å². The molecular formula is C13H16N4OS. The van der Waals surface area contributed by atoms with E-state index in [0.717, 1.165) is 23.7 Å². The van der Waals surface area contributed by atoms with Crippen molar-refractivity contribution in [3.05, 3.63) is 40.7 Å². The van der Waals surface area contributed by atoms with Gasteiger partial charge in [0.15, 0.2) is 5.13 Å². The van der Waals surface area contributed by atoms with Gasteiger partial charge < -0.3 is 11.1 Å². The van der Waals surface area contributed by atoms with E-state index in [1.165, 1.54) is 11.3 Å². The smallest absolute Gasteiger partial charge is 0.223 e. The van der Waals surface area contributed by atoms with Crippen molar-refractivity contribution in [3.63, 3.8) is 0 Å². The molecule has 19 heavy (non-hydrogen) atoms. The predicted octanol–water partition coefficient (Wildman–Crippen LogP) is 1.84. The van der Waals surface area contributed by atoms with Gasteiger partial charge in [-0.15, -0.1) is 0 Å². The first-order valence-corrected chi connectivity index (χ1v) is 6.90. The average molecular weight is 276 g/mol. The molecule has 100 valence electrons. The highest BCUT2D eigenvalue weighted by Crippen LogP contribution is 2.21.